The number of aliphatic hydroxyl groups excluding tert-OH is 1. The molecule has 0 saturated carbocycles. The topological polar surface area (TPSA) is 75.6 Å². The van der Waals surface area contributed by atoms with Crippen LogP contribution in [0.1, 0.15) is 24.0 Å². The van der Waals surface area contributed by atoms with Gasteiger partial charge in [0.15, 0.2) is 0 Å². The van der Waals surface area contributed by atoms with E-state index in [4.69, 9.17) is 4.74 Å². The van der Waals surface area contributed by atoms with Crippen LogP contribution in [0, 0.1) is 6.92 Å². The minimum Gasteiger partial charge on any atom is -0.392 e. The highest BCUT2D eigenvalue weighted by molar-refractivity contribution is 9.10. The second-order valence-corrected chi connectivity index (χ2v) is 7.40. The van der Waals surface area contributed by atoms with Crippen molar-refractivity contribution in [3.8, 4) is 0 Å². The van der Waals surface area contributed by atoms with Crippen molar-refractivity contribution in [3.63, 3.8) is 0 Å². The Kier molecular flexibility index (Phi) is 5.19. The monoisotopic (exact) mass is 363 g/mol. The summed E-state index contributed by atoms with van der Waals surface area (Å²) in [7, 11) is -3.62. The quantitative estimate of drug-likeness (QED) is 0.834. The third kappa shape index (κ3) is 3.59. The van der Waals surface area contributed by atoms with Gasteiger partial charge in [0.25, 0.3) is 0 Å². The van der Waals surface area contributed by atoms with Gasteiger partial charge in [0.05, 0.1) is 17.6 Å². The number of halogens is 1. The van der Waals surface area contributed by atoms with Crippen LogP contribution in [-0.4, -0.2) is 32.8 Å². The first-order chi connectivity index (χ1) is 9.44. The molecule has 112 valence electrons. The fourth-order valence-electron chi connectivity index (χ4n) is 2.18. The molecule has 0 radical (unpaired) electrons. The smallest absolute Gasteiger partial charge is 0.241 e. The number of aryl methyl sites for hydroxylation is 1. The normalized spacial score (nSPS) is 19.4. The number of benzene rings is 1. The molecule has 1 saturated heterocycles. The van der Waals surface area contributed by atoms with Gasteiger partial charge in [0.1, 0.15) is 0 Å². The second-order valence-electron chi connectivity index (χ2n) is 4.87. The molecule has 0 aromatic heterocycles. The Morgan fingerprint density at radius 1 is 1.50 bits per heavy atom. The Bertz CT molecular complexity index is 582. The summed E-state index contributed by atoms with van der Waals surface area (Å²) in [5.41, 5.74) is 1.34. The highest BCUT2D eigenvalue weighted by atomic mass is 79.9. The molecule has 1 fully saturated rings. The molecule has 0 bridgehead atoms. The van der Waals surface area contributed by atoms with Crippen LogP contribution in [0.5, 0.6) is 0 Å². The van der Waals surface area contributed by atoms with E-state index in [0.717, 1.165) is 18.4 Å². The standard InChI is InChI=1S/C13H18BrNO4S/c1-9-5-10(8-16)6-12(13(9)14)20(17,18)15-7-11-3-2-4-19-11/h5-6,11,15-16H,2-4,7-8H2,1H3. The predicted molar refractivity (Wildman–Crippen MR) is 79.0 cm³/mol. The maximum Gasteiger partial charge on any atom is 0.241 e. The molecule has 1 aromatic carbocycles. The highest BCUT2D eigenvalue weighted by Gasteiger charge is 2.23. The van der Waals surface area contributed by atoms with Crippen molar-refractivity contribution in [2.24, 2.45) is 0 Å². The fourth-order valence-corrected chi connectivity index (χ4v) is 4.31. The molecule has 1 aromatic rings. The summed E-state index contributed by atoms with van der Waals surface area (Å²) in [5, 5.41) is 9.20. The van der Waals surface area contributed by atoms with Crippen molar-refractivity contribution in [3.05, 3.63) is 27.7 Å². The Hall–Kier alpha value is -0.470. The molecule has 2 rings (SSSR count). The van der Waals surface area contributed by atoms with Gasteiger partial charge in [-0.3, -0.25) is 0 Å². The largest absolute Gasteiger partial charge is 0.392 e. The van der Waals surface area contributed by atoms with E-state index in [9.17, 15) is 13.5 Å². The Balaban J connectivity index is 2.21. The molecule has 20 heavy (non-hydrogen) atoms. The minimum absolute atomic E-state index is 0.0503. The molecule has 1 unspecified atom stereocenters. The molecule has 7 heteroatoms. The lowest BCUT2D eigenvalue weighted by Crippen LogP contribution is -2.32. The fraction of sp³-hybridized carbons (Fsp3) is 0.538. The van der Waals surface area contributed by atoms with Crippen LogP contribution in [0.15, 0.2) is 21.5 Å². The van der Waals surface area contributed by atoms with Gasteiger partial charge < -0.3 is 9.84 Å². The average molecular weight is 364 g/mol. The van der Waals surface area contributed by atoms with E-state index < -0.39 is 10.0 Å². The molecule has 1 aliphatic heterocycles. The van der Waals surface area contributed by atoms with Crippen LogP contribution in [0.3, 0.4) is 0 Å². The van der Waals surface area contributed by atoms with Crippen LogP contribution < -0.4 is 4.72 Å². The van der Waals surface area contributed by atoms with Gasteiger partial charge >= 0.3 is 0 Å². The lowest BCUT2D eigenvalue weighted by molar-refractivity contribution is 0.114. The number of hydrogen-bond acceptors (Lipinski definition) is 4. The molecular formula is C13H18BrNO4S. The zero-order valence-corrected chi connectivity index (χ0v) is 13.6. The van der Waals surface area contributed by atoms with E-state index in [1.165, 1.54) is 6.07 Å². The van der Waals surface area contributed by atoms with Gasteiger partial charge in [-0.05, 0) is 52.9 Å². The maximum absolute atomic E-state index is 12.4. The molecule has 0 aliphatic carbocycles. The summed E-state index contributed by atoms with van der Waals surface area (Å²) in [5.74, 6) is 0. The van der Waals surface area contributed by atoms with E-state index >= 15 is 0 Å². The second kappa shape index (κ2) is 6.53. The molecule has 0 spiro atoms. The Morgan fingerprint density at radius 2 is 2.25 bits per heavy atom. The van der Waals surface area contributed by atoms with Crippen molar-refractivity contribution in [2.75, 3.05) is 13.2 Å². The molecular weight excluding hydrogens is 346 g/mol. The highest BCUT2D eigenvalue weighted by Crippen LogP contribution is 2.27. The van der Waals surface area contributed by atoms with Gasteiger partial charge in [-0.25, -0.2) is 13.1 Å². The first-order valence-corrected chi connectivity index (χ1v) is 8.73. The third-order valence-corrected chi connectivity index (χ3v) is 6.04. The number of ether oxygens (including phenoxy) is 1. The van der Waals surface area contributed by atoms with Crippen LogP contribution in [0.2, 0.25) is 0 Å². The molecule has 1 aliphatic rings. The Morgan fingerprint density at radius 3 is 2.85 bits per heavy atom. The first-order valence-electron chi connectivity index (χ1n) is 6.45. The van der Waals surface area contributed by atoms with Crippen molar-refractivity contribution < 1.29 is 18.3 Å². The first kappa shape index (κ1) is 15.9. The van der Waals surface area contributed by atoms with E-state index in [1.807, 2.05) is 0 Å². The lowest BCUT2D eigenvalue weighted by atomic mass is 10.1. The third-order valence-electron chi connectivity index (χ3n) is 3.28. The summed E-state index contributed by atoms with van der Waals surface area (Å²) >= 11 is 3.30. The number of rotatable bonds is 5. The summed E-state index contributed by atoms with van der Waals surface area (Å²) < 4.78 is 33.2. The molecule has 2 N–H and O–H groups in total. The van der Waals surface area contributed by atoms with Crippen LogP contribution in [0.25, 0.3) is 0 Å². The maximum atomic E-state index is 12.4. The lowest BCUT2D eigenvalue weighted by Gasteiger charge is -2.14. The molecule has 0 amide bonds. The van der Waals surface area contributed by atoms with Crippen LogP contribution in [-0.2, 0) is 21.4 Å². The van der Waals surface area contributed by atoms with Crippen molar-refractivity contribution in [2.45, 2.75) is 37.4 Å². The SMILES string of the molecule is Cc1cc(CO)cc(S(=O)(=O)NCC2CCCO2)c1Br. The van der Waals surface area contributed by atoms with E-state index in [0.29, 0.717) is 16.6 Å². The van der Waals surface area contributed by atoms with Gasteiger partial charge in [-0.2, -0.15) is 0 Å². The van der Waals surface area contributed by atoms with Crippen molar-refractivity contribution in [1.29, 1.82) is 0 Å². The summed E-state index contributed by atoms with van der Waals surface area (Å²) in [6.45, 7) is 2.57. The van der Waals surface area contributed by atoms with Gasteiger partial charge in [0.2, 0.25) is 10.0 Å². The van der Waals surface area contributed by atoms with E-state index in [-0.39, 0.29) is 24.2 Å². The zero-order chi connectivity index (χ0) is 14.8. The van der Waals surface area contributed by atoms with E-state index in [2.05, 4.69) is 20.7 Å². The van der Waals surface area contributed by atoms with Crippen molar-refractivity contribution >= 4 is 26.0 Å². The van der Waals surface area contributed by atoms with E-state index in [1.54, 1.807) is 13.0 Å². The number of aliphatic hydroxyl groups is 1. The molecule has 1 atom stereocenters. The predicted octanol–water partition coefficient (Wildman–Crippen LogP) is 1.71. The number of nitrogens with one attached hydrogen (secondary N) is 1. The summed E-state index contributed by atoms with van der Waals surface area (Å²) in [6, 6.07) is 3.23. The van der Waals surface area contributed by atoms with Gasteiger partial charge in [-0.15, -0.1) is 0 Å². The zero-order valence-electron chi connectivity index (χ0n) is 11.2. The number of hydrogen-bond donors (Lipinski definition) is 2. The number of sulfonamides is 1. The van der Waals surface area contributed by atoms with Gasteiger partial charge in [0, 0.05) is 17.6 Å². The Labute approximate surface area is 127 Å². The van der Waals surface area contributed by atoms with Gasteiger partial charge in [-0.1, -0.05) is 6.07 Å². The summed E-state index contributed by atoms with van der Waals surface area (Å²) in [4.78, 5) is 0.152. The van der Waals surface area contributed by atoms with Crippen LogP contribution >= 0.6 is 15.9 Å². The van der Waals surface area contributed by atoms with Crippen molar-refractivity contribution in [1.82, 2.24) is 4.72 Å². The summed E-state index contributed by atoms with van der Waals surface area (Å²) in [6.07, 6.45) is 1.79. The molecule has 5 nitrogen and oxygen atoms in total. The van der Waals surface area contributed by atoms with Crippen LogP contribution in [0.4, 0.5) is 0 Å². The average Bonchev–Trinajstić information content (AvgIpc) is 2.92. The minimum atomic E-state index is -3.62. The molecule has 1 heterocycles.